The van der Waals surface area contributed by atoms with E-state index >= 15 is 0 Å². The van der Waals surface area contributed by atoms with Crippen molar-refractivity contribution in [1.82, 2.24) is 4.98 Å². The number of anilines is 3. The molecule has 21 heavy (non-hydrogen) atoms. The van der Waals surface area contributed by atoms with E-state index in [9.17, 15) is 9.18 Å². The van der Waals surface area contributed by atoms with Crippen molar-refractivity contribution in [2.24, 2.45) is 0 Å². The highest BCUT2D eigenvalue weighted by atomic mass is 32.1. The van der Waals surface area contributed by atoms with Crippen molar-refractivity contribution in [2.45, 2.75) is 20.3 Å². The van der Waals surface area contributed by atoms with Crippen LogP contribution in [0.4, 0.5) is 21.0 Å². The fourth-order valence-electron chi connectivity index (χ4n) is 1.80. The molecule has 0 spiro atoms. The molecule has 0 saturated carbocycles. The van der Waals surface area contributed by atoms with E-state index < -0.39 is 5.82 Å². The number of nitrogens with one attached hydrogen (secondary N) is 2. The highest BCUT2D eigenvalue weighted by molar-refractivity contribution is 7.18. The second-order valence-corrected chi connectivity index (χ2v) is 5.63. The molecule has 1 amide bonds. The first kappa shape index (κ1) is 15.2. The molecule has 0 unspecified atom stereocenters. The number of carbonyl (C=O) groups excluding carboxylic acids is 1. The zero-order valence-electron chi connectivity index (χ0n) is 11.9. The quantitative estimate of drug-likeness (QED) is 0.792. The number of benzene rings is 1. The predicted octanol–water partition coefficient (Wildman–Crippen LogP) is 3.25. The first-order valence-electron chi connectivity index (χ1n) is 6.58. The fraction of sp³-hybridized carbons (Fsp3) is 0.286. The molecule has 0 atom stereocenters. The van der Waals surface area contributed by atoms with Gasteiger partial charge in [-0.1, -0.05) is 18.3 Å². The number of hydrogen-bond donors (Lipinski definition) is 3. The summed E-state index contributed by atoms with van der Waals surface area (Å²) in [7, 11) is 0. The third kappa shape index (κ3) is 3.91. The van der Waals surface area contributed by atoms with Gasteiger partial charge in [-0.25, -0.2) is 9.37 Å². The summed E-state index contributed by atoms with van der Waals surface area (Å²) in [6, 6.07) is 4.34. The van der Waals surface area contributed by atoms with Crippen molar-refractivity contribution in [3.63, 3.8) is 0 Å². The Kier molecular flexibility index (Phi) is 4.74. The minimum atomic E-state index is -0.395. The standard InChI is InChI=1S/C14H17FN4OS/c1-3-4-17-14-19-12(16)11(21-14)13(20)18-10-6-8(2)5-9(15)7-10/h5-7H,3-4,16H2,1-2H3,(H,17,19)(H,18,20). The van der Waals surface area contributed by atoms with E-state index in [2.05, 4.69) is 15.6 Å². The Morgan fingerprint density at radius 2 is 2.19 bits per heavy atom. The van der Waals surface area contributed by atoms with E-state index in [1.54, 1.807) is 13.0 Å². The third-order valence-electron chi connectivity index (χ3n) is 2.69. The molecule has 0 radical (unpaired) electrons. The minimum Gasteiger partial charge on any atom is -0.382 e. The molecular weight excluding hydrogens is 291 g/mol. The van der Waals surface area contributed by atoms with Gasteiger partial charge in [0.1, 0.15) is 16.5 Å². The van der Waals surface area contributed by atoms with Crippen LogP contribution in [0.3, 0.4) is 0 Å². The number of thiazole rings is 1. The van der Waals surface area contributed by atoms with Crippen molar-refractivity contribution < 1.29 is 9.18 Å². The van der Waals surface area contributed by atoms with Crippen LogP contribution in [-0.4, -0.2) is 17.4 Å². The zero-order valence-corrected chi connectivity index (χ0v) is 12.7. The van der Waals surface area contributed by atoms with Crippen molar-refractivity contribution in [1.29, 1.82) is 0 Å². The number of aryl methyl sites for hydroxylation is 1. The van der Waals surface area contributed by atoms with Crippen molar-refractivity contribution >= 4 is 33.9 Å². The molecule has 0 bridgehead atoms. The van der Waals surface area contributed by atoms with Crippen LogP contribution < -0.4 is 16.4 Å². The van der Waals surface area contributed by atoms with Gasteiger partial charge < -0.3 is 16.4 Å². The van der Waals surface area contributed by atoms with Crippen molar-refractivity contribution in [3.05, 3.63) is 34.5 Å². The molecule has 0 saturated heterocycles. The second kappa shape index (κ2) is 6.53. The lowest BCUT2D eigenvalue weighted by Gasteiger charge is -2.05. The van der Waals surface area contributed by atoms with Gasteiger partial charge in [0.25, 0.3) is 5.91 Å². The number of halogens is 1. The van der Waals surface area contributed by atoms with Crippen LogP contribution in [0.15, 0.2) is 18.2 Å². The third-order valence-corrected chi connectivity index (χ3v) is 3.71. The van der Waals surface area contributed by atoms with Crippen molar-refractivity contribution in [3.8, 4) is 0 Å². The molecule has 7 heteroatoms. The average molecular weight is 308 g/mol. The maximum atomic E-state index is 13.3. The summed E-state index contributed by atoms with van der Waals surface area (Å²) < 4.78 is 13.3. The molecule has 2 aromatic rings. The summed E-state index contributed by atoms with van der Waals surface area (Å²) in [5, 5.41) is 6.32. The summed E-state index contributed by atoms with van der Waals surface area (Å²) in [5.41, 5.74) is 6.88. The lowest BCUT2D eigenvalue weighted by Crippen LogP contribution is -2.12. The van der Waals surface area contributed by atoms with Crippen LogP contribution in [0.2, 0.25) is 0 Å². The summed E-state index contributed by atoms with van der Waals surface area (Å²) in [6.07, 6.45) is 0.948. The number of carbonyl (C=O) groups is 1. The molecule has 1 aromatic heterocycles. The van der Waals surface area contributed by atoms with Crippen molar-refractivity contribution in [2.75, 3.05) is 22.9 Å². The topological polar surface area (TPSA) is 80.0 Å². The highest BCUT2D eigenvalue weighted by Crippen LogP contribution is 2.26. The average Bonchev–Trinajstić information content (AvgIpc) is 2.76. The lowest BCUT2D eigenvalue weighted by molar-refractivity contribution is 0.103. The van der Waals surface area contributed by atoms with Gasteiger partial charge in [-0.3, -0.25) is 4.79 Å². The molecule has 0 aliphatic rings. The Morgan fingerprint density at radius 1 is 1.43 bits per heavy atom. The fourth-order valence-corrected chi connectivity index (χ4v) is 2.60. The van der Waals surface area contributed by atoms with Gasteiger partial charge in [0, 0.05) is 12.2 Å². The van der Waals surface area contributed by atoms with E-state index in [0.717, 1.165) is 18.5 Å². The van der Waals surface area contributed by atoms with Gasteiger partial charge >= 0.3 is 0 Å². The van der Waals surface area contributed by atoms with Crippen LogP contribution >= 0.6 is 11.3 Å². The molecule has 0 aliphatic carbocycles. The van der Waals surface area contributed by atoms with Gasteiger partial charge in [0.15, 0.2) is 5.13 Å². The SMILES string of the molecule is CCCNc1nc(N)c(C(=O)Nc2cc(C)cc(F)c2)s1. The van der Waals surface area contributed by atoms with Gasteiger partial charge in [-0.05, 0) is 37.1 Å². The second-order valence-electron chi connectivity index (χ2n) is 4.63. The molecule has 0 aliphatic heterocycles. The normalized spacial score (nSPS) is 10.4. The summed E-state index contributed by atoms with van der Waals surface area (Å²) in [4.78, 5) is 16.6. The molecule has 5 nitrogen and oxygen atoms in total. The summed E-state index contributed by atoms with van der Waals surface area (Å²) >= 11 is 1.18. The van der Waals surface area contributed by atoms with E-state index in [0.29, 0.717) is 15.7 Å². The first-order valence-corrected chi connectivity index (χ1v) is 7.40. The Bertz CT molecular complexity index is 636. The number of nitrogens with two attached hydrogens (primary N) is 1. The van der Waals surface area contributed by atoms with Gasteiger partial charge in [-0.2, -0.15) is 0 Å². The van der Waals surface area contributed by atoms with E-state index in [4.69, 9.17) is 5.73 Å². The van der Waals surface area contributed by atoms with Crippen LogP contribution in [0.5, 0.6) is 0 Å². The number of aromatic nitrogens is 1. The maximum Gasteiger partial charge on any atom is 0.269 e. The molecular formula is C14H17FN4OS. The summed E-state index contributed by atoms with van der Waals surface area (Å²) in [6.45, 7) is 4.55. The zero-order chi connectivity index (χ0) is 15.4. The van der Waals surface area contributed by atoms with E-state index in [1.165, 1.54) is 23.5 Å². The van der Waals surface area contributed by atoms with Gasteiger partial charge in [0.2, 0.25) is 0 Å². The van der Waals surface area contributed by atoms with Gasteiger partial charge in [-0.15, -0.1) is 0 Å². The molecule has 1 aromatic carbocycles. The predicted molar refractivity (Wildman–Crippen MR) is 84.4 cm³/mol. The summed E-state index contributed by atoms with van der Waals surface area (Å²) in [5.74, 6) is -0.614. The number of rotatable bonds is 5. The monoisotopic (exact) mass is 308 g/mol. The number of nitrogen functional groups attached to an aromatic ring is 1. The Morgan fingerprint density at radius 3 is 2.86 bits per heavy atom. The first-order chi connectivity index (χ1) is 9.99. The number of hydrogen-bond acceptors (Lipinski definition) is 5. The molecule has 4 N–H and O–H groups in total. The molecule has 0 fully saturated rings. The molecule has 2 rings (SSSR count). The number of amides is 1. The van der Waals surface area contributed by atoms with E-state index in [1.807, 2.05) is 6.92 Å². The Labute approximate surface area is 126 Å². The Balaban J connectivity index is 2.14. The molecule has 112 valence electrons. The minimum absolute atomic E-state index is 0.171. The van der Waals surface area contributed by atoms with Crippen LogP contribution in [0.25, 0.3) is 0 Å². The lowest BCUT2D eigenvalue weighted by atomic mass is 10.2. The van der Waals surface area contributed by atoms with Crippen LogP contribution in [0.1, 0.15) is 28.6 Å². The number of nitrogens with zero attached hydrogens (tertiary/aromatic N) is 1. The van der Waals surface area contributed by atoms with Crippen LogP contribution in [0, 0.1) is 12.7 Å². The van der Waals surface area contributed by atoms with Crippen LogP contribution in [-0.2, 0) is 0 Å². The highest BCUT2D eigenvalue weighted by Gasteiger charge is 2.16. The maximum absolute atomic E-state index is 13.3. The smallest absolute Gasteiger partial charge is 0.269 e. The van der Waals surface area contributed by atoms with E-state index in [-0.39, 0.29) is 11.7 Å². The molecule has 1 heterocycles. The van der Waals surface area contributed by atoms with Gasteiger partial charge in [0.05, 0.1) is 0 Å². The largest absolute Gasteiger partial charge is 0.382 e. The Hall–Kier alpha value is -2.15.